The molecular formula is C13H16N4. The normalized spacial score (nSPS) is 17.0. The molecule has 17 heavy (non-hydrogen) atoms. The molecule has 3 rings (SSSR count). The zero-order chi connectivity index (χ0) is 11.8. The Morgan fingerprint density at radius 1 is 1.41 bits per heavy atom. The molecule has 4 nitrogen and oxygen atoms in total. The average Bonchev–Trinajstić information content (AvgIpc) is 3.13. The Labute approximate surface area is 100 Å². The molecule has 0 radical (unpaired) electrons. The van der Waals surface area contributed by atoms with Crippen molar-refractivity contribution in [3.63, 3.8) is 0 Å². The van der Waals surface area contributed by atoms with E-state index in [-0.39, 0.29) is 0 Å². The summed E-state index contributed by atoms with van der Waals surface area (Å²) in [4.78, 5) is 4.36. The summed E-state index contributed by atoms with van der Waals surface area (Å²) in [5, 5.41) is 7.22. The molecule has 0 bridgehead atoms. The number of anilines is 1. The summed E-state index contributed by atoms with van der Waals surface area (Å²) in [5.41, 5.74) is 8.96. The first-order valence-electron chi connectivity index (χ1n) is 6.02. The minimum absolute atomic E-state index is 0.483. The van der Waals surface area contributed by atoms with E-state index in [0.717, 1.165) is 22.9 Å². The van der Waals surface area contributed by atoms with E-state index in [2.05, 4.69) is 22.1 Å². The van der Waals surface area contributed by atoms with E-state index in [9.17, 15) is 0 Å². The van der Waals surface area contributed by atoms with Gasteiger partial charge in [-0.1, -0.05) is 13.0 Å². The van der Waals surface area contributed by atoms with E-state index in [4.69, 9.17) is 5.73 Å². The molecule has 0 aliphatic heterocycles. The van der Waals surface area contributed by atoms with Gasteiger partial charge in [0.1, 0.15) is 0 Å². The molecule has 2 aromatic rings. The third kappa shape index (κ3) is 1.79. The van der Waals surface area contributed by atoms with Crippen LogP contribution in [-0.4, -0.2) is 15.2 Å². The highest BCUT2D eigenvalue weighted by atomic mass is 15.2. The first-order valence-corrected chi connectivity index (χ1v) is 6.02. The van der Waals surface area contributed by atoms with Crippen molar-refractivity contribution in [1.29, 1.82) is 0 Å². The Morgan fingerprint density at radius 3 is 2.88 bits per heavy atom. The largest absolute Gasteiger partial charge is 0.382 e. The van der Waals surface area contributed by atoms with Crippen LogP contribution in [0.25, 0.3) is 11.3 Å². The van der Waals surface area contributed by atoms with Gasteiger partial charge >= 0.3 is 0 Å². The average molecular weight is 228 g/mol. The lowest BCUT2D eigenvalue weighted by atomic mass is 9.97. The Kier molecular flexibility index (Phi) is 2.35. The van der Waals surface area contributed by atoms with Crippen molar-refractivity contribution in [3.8, 4) is 11.3 Å². The van der Waals surface area contributed by atoms with Crippen LogP contribution in [0, 0.1) is 5.92 Å². The maximum absolute atomic E-state index is 5.95. The van der Waals surface area contributed by atoms with Crippen LogP contribution in [0.15, 0.2) is 24.4 Å². The fraction of sp³-hybridized carbons (Fsp3) is 0.385. The standard InChI is InChI=1S/C13H16N4/c1-8(9-5-6-9)12-11(13(14)17-16-12)10-4-2-3-7-15-10/h2-4,7-9H,5-6H2,1H3,(H3,14,16,17). The number of aromatic nitrogens is 3. The summed E-state index contributed by atoms with van der Waals surface area (Å²) >= 11 is 0. The van der Waals surface area contributed by atoms with Crippen LogP contribution in [0.2, 0.25) is 0 Å². The molecule has 4 heteroatoms. The van der Waals surface area contributed by atoms with Crippen molar-refractivity contribution < 1.29 is 0 Å². The maximum atomic E-state index is 5.95. The summed E-state index contributed by atoms with van der Waals surface area (Å²) in [6, 6.07) is 5.86. The fourth-order valence-corrected chi connectivity index (χ4v) is 2.31. The summed E-state index contributed by atoms with van der Waals surface area (Å²) in [6.07, 6.45) is 4.40. The number of nitrogens with two attached hydrogens (primary N) is 1. The summed E-state index contributed by atoms with van der Waals surface area (Å²) in [5.74, 6) is 1.81. The van der Waals surface area contributed by atoms with Crippen LogP contribution >= 0.6 is 0 Å². The molecule has 3 N–H and O–H groups in total. The van der Waals surface area contributed by atoms with Gasteiger partial charge in [-0.3, -0.25) is 10.1 Å². The number of H-pyrrole nitrogens is 1. The lowest BCUT2D eigenvalue weighted by Crippen LogP contribution is -1.99. The van der Waals surface area contributed by atoms with Crippen LogP contribution in [-0.2, 0) is 0 Å². The van der Waals surface area contributed by atoms with Crippen molar-refractivity contribution in [2.45, 2.75) is 25.7 Å². The smallest absolute Gasteiger partial charge is 0.154 e. The molecule has 1 fully saturated rings. The highest BCUT2D eigenvalue weighted by Gasteiger charge is 2.32. The van der Waals surface area contributed by atoms with Gasteiger partial charge in [0, 0.05) is 17.8 Å². The van der Waals surface area contributed by atoms with Gasteiger partial charge in [-0.25, -0.2) is 0 Å². The molecule has 1 atom stereocenters. The van der Waals surface area contributed by atoms with Crippen LogP contribution in [0.1, 0.15) is 31.4 Å². The maximum Gasteiger partial charge on any atom is 0.154 e. The zero-order valence-corrected chi connectivity index (χ0v) is 9.85. The van der Waals surface area contributed by atoms with Gasteiger partial charge in [0.05, 0.1) is 11.3 Å². The number of hydrogen-bond donors (Lipinski definition) is 2. The Hall–Kier alpha value is -1.84. The first kappa shape index (κ1) is 10.3. The molecule has 1 aliphatic carbocycles. The molecule has 1 saturated carbocycles. The van der Waals surface area contributed by atoms with Gasteiger partial charge in [0.2, 0.25) is 0 Å². The van der Waals surface area contributed by atoms with E-state index >= 15 is 0 Å². The molecule has 0 aromatic carbocycles. The van der Waals surface area contributed by atoms with E-state index in [1.807, 2.05) is 18.2 Å². The fourth-order valence-electron chi connectivity index (χ4n) is 2.31. The summed E-state index contributed by atoms with van der Waals surface area (Å²) in [6.45, 7) is 2.23. The van der Waals surface area contributed by atoms with Crippen molar-refractivity contribution in [1.82, 2.24) is 15.2 Å². The Balaban J connectivity index is 2.06. The van der Waals surface area contributed by atoms with E-state index in [1.165, 1.54) is 12.8 Å². The van der Waals surface area contributed by atoms with E-state index < -0.39 is 0 Å². The van der Waals surface area contributed by atoms with Crippen LogP contribution < -0.4 is 5.73 Å². The lowest BCUT2D eigenvalue weighted by molar-refractivity contribution is 0.642. The lowest BCUT2D eigenvalue weighted by Gasteiger charge is -2.10. The van der Waals surface area contributed by atoms with E-state index in [1.54, 1.807) is 6.20 Å². The van der Waals surface area contributed by atoms with Gasteiger partial charge in [-0.05, 0) is 30.9 Å². The number of hydrogen-bond acceptors (Lipinski definition) is 3. The van der Waals surface area contributed by atoms with Crippen molar-refractivity contribution in [2.24, 2.45) is 5.92 Å². The molecule has 88 valence electrons. The third-order valence-electron chi connectivity index (χ3n) is 3.53. The summed E-state index contributed by atoms with van der Waals surface area (Å²) < 4.78 is 0. The molecular weight excluding hydrogens is 212 g/mol. The molecule has 0 amide bonds. The minimum Gasteiger partial charge on any atom is -0.382 e. The topological polar surface area (TPSA) is 67.6 Å². The van der Waals surface area contributed by atoms with Crippen LogP contribution in [0.3, 0.4) is 0 Å². The number of pyridine rings is 1. The van der Waals surface area contributed by atoms with Gasteiger partial charge < -0.3 is 5.73 Å². The molecule has 0 saturated heterocycles. The minimum atomic E-state index is 0.483. The molecule has 0 spiro atoms. The third-order valence-corrected chi connectivity index (χ3v) is 3.53. The predicted molar refractivity (Wildman–Crippen MR) is 67.4 cm³/mol. The Morgan fingerprint density at radius 2 is 2.24 bits per heavy atom. The van der Waals surface area contributed by atoms with Crippen molar-refractivity contribution >= 4 is 5.82 Å². The van der Waals surface area contributed by atoms with Crippen molar-refractivity contribution in [3.05, 3.63) is 30.1 Å². The SMILES string of the molecule is CC(c1[nH]nc(N)c1-c1ccccn1)C1CC1. The van der Waals surface area contributed by atoms with Gasteiger partial charge in [-0.15, -0.1) is 0 Å². The monoisotopic (exact) mass is 228 g/mol. The number of rotatable bonds is 3. The molecule has 1 aliphatic rings. The number of aromatic amines is 1. The van der Waals surface area contributed by atoms with Crippen LogP contribution in [0.4, 0.5) is 5.82 Å². The molecule has 2 heterocycles. The number of nitrogens with one attached hydrogen (secondary N) is 1. The number of nitrogen functional groups attached to an aromatic ring is 1. The van der Waals surface area contributed by atoms with Gasteiger partial charge in [0.15, 0.2) is 5.82 Å². The second-order valence-corrected chi connectivity index (χ2v) is 4.74. The highest BCUT2D eigenvalue weighted by molar-refractivity contribution is 5.73. The number of nitrogens with zero attached hydrogens (tertiary/aromatic N) is 2. The highest BCUT2D eigenvalue weighted by Crippen LogP contribution is 2.44. The van der Waals surface area contributed by atoms with Gasteiger partial charge in [0.25, 0.3) is 0 Å². The van der Waals surface area contributed by atoms with Crippen LogP contribution in [0.5, 0.6) is 0 Å². The Bertz CT molecular complexity index is 513. The second-order valence-electron chi connectivity index (χ2n) is 4.74. The summed E-state index contributed by atoms with van der Waals surface area (Å²) in [7, 11) is 0. The quantitative estimate of drug-likeness (QED) is 0.848. The molecule has 1 unspecified atom stereocenters. The molecule has 2 aromatic heterocycles. The van der Waals surface area contributed by atoms with Gasteiger partial charge in [-0.2, -0.15) is 5.10 Å². The zero-order valence-electron chi connectivity index (χ0n) is 9.85. The predicted octanol–water partition coefficient (Wildman–Crippen LogP) is 2.57. The first-order chi connectivity index (χ1) is 8.27. The second kappa shape index (κ2) is 3.87. The van der Waals surface area contributed by atoms with E-state index in [0.29, 0.717) is 11.7 Å². The van der Waals surface area contributed by atoms with Crippen molar-refractivity contribution in [2.75, 3.05) is 5.73 Å².